The fourth-order valence-corrected chi connectivity index (χ4v) is 2.74. The number of likely N-dealkylation sites (tertiary alicyclic amines) is 1. The van der Waals surface area contributed by atoms with Crippen molar-refractivity contribution in [3.8, 4) is 0 Å². The van der Waals surface area contributed by atoms with E-state index in [1.54, 1.807) is 0 Å². The molecule has 2 rings (SSSR count). The number of unbranched alkanes of at least 4 members (excludes halogenated alkanes) is 2. The first-order chi connectivity index (χ1) is 10.8. The Balaban J connectivity index is 1.99. The Morgan fingerprint density at radius 3 is 2.91 bits per heavy atom. The predicted octanol–water partition coefficient (Wildman–Crippen LogP) is 3.45. The van der Waals surface area contributed by atoms with Crippen LogP contribution in [0, 0.1) is 0 Å². The highest BCUT2D eigenvalue weighted by Gasteiger charge is 2.31. The van der Waals surface area contributed by atoms with Crippen molar-refractivity contribution in [1.82, 2.24) is 20.4 Å². The van der Waals surface area contributed by atoms with Crippen LogP contribution < -0.4 is 5.32 Å². The average Bonchev–Trinajstić information content (AvgIpc) is 3.02. The van der Waals surface area contributed by atoms with Crippen molar-refractivity contribution >= 4 is 6.03 Å². The molecule has 1 aromatic rings. The van der Waals surface area contributed by atoms with E-state index in [1.807, 2.05) is 4.90 Å². The quantitative estimate of drug-likeness (QED) is 0.783. The number of hydrogen-bond acceptors (Lipinski definition) is 4. The molecule has 1 aliphatic rings. The molecule has 22 heavy (non-hydrogen) atoms. The standard InChI is InChI=1S/C16H28N4O2/c1-3-5-10-14-18-15(22-19-14)13-9-7-8-12-20(13)16(21)17-11-6-4-2/h13H,3-12H2,1-2H3,(H,17,21)/t13-/m0/s1. The molecular formula is C16H28N4O2. The van der Waals surface area contributed by atoms with Gasteiger partial charge in [-0.2, -0.15) is 4.98 Å². The number of aryl methyl sites for hydroxylation is 1. The van der Waals surface area contributed by atoms with Crippen molar-refractivity contribution in [2.75, 3.05) is 13.1 Å². The maximum Gasteiger partial charge on any atom is 0.318 e. The summed E-state index contributed by atoms with van der Waals surface area (Å²) in [7, 11) is 0. The molecule has 0 saturated carbocycles. The molecule has 1 saturated heterocycles. The second kappa shape index (κ2) is 8.76. The summed E-state index contributed by atoms with van der Waals surface area (Å²) < 4.78 is 5.42. The summed E-state index contributed by atoms with van der Waals surface area (Å²) in [5.41, 5.74) is 0. The maximum absolute atomic E-state index is 12.4. The Bertz CT molecular complexity index is 461. The first-order valence-corrected chi connectivity index (χ1v) is 8.63. The van der Waals surface area contributed by atoms with E-state index >= 15 is 0 Å². The molecule has 2 amide bonds. The predicted molar refractivity (Wildman–Crippen MR) is 84.5 cm³/mol. The van der Waals surface area contributed by atoms with Crippen LogP contribution in [0.2, 0.25) is 0 Å². The van der Waals surface area contributed by atoms with Gasteiger partial charge < -0.3 is 14.7 Å². The molecule has 1 fully saturated rings. The molecule has 6 heteroatoms. The van der Waals surface area contributed by atoms with Crippen molar-refractivity contribution in [3.63, 3.8) is 0 Å². The number of piperidine rings is 1. The Labute approximate surface area is 132 Å². The molecule has 1 atom stereocenters. The number of aromatic nitrogens is 2. The molecule has 6 nitrogen and oxygen atoms in total. The minimum absolute atomic E-state index is 0.00791. The second-order valence-corrected chi connectivity index (χ2v) is 5.94. The van der Waals surface area contributed by atoms with Crippen LogP contribution in [0.15, 0.2) is 4.52 Å². The lowest BCUT2D eigenvalue weighted by Crippen LogP contribution is -2.45. The average molecular weight is 308 g/mol. The third-order valence-corrected chi connectivity index (χ3v) is 4.09. The number of urea groups is 1. The van der Waals surface area contributed by atoms with E-state index in [2.05, 4.69) is 29.3 Å². The van der Waals surface area contributed by atoms with Crippen molar-refractivity contribution < 1.29 is 9.32 Å². The fourth-order valence-electron chi connectivity index (χ4n) is 2.74. The van der Waals surface area contributed by atoms with E-state index in [4.69, 9.17) is 4.52 Å². The Morgan fingerprint density at radius 2 is 2.14 bits per heavy atom. The number of carbonyl (C=O) groups is 1. The third kappa shape index (κ3) is 4.45. The van der Waals surface area contributed by atoms with Crippen LogP contribution in [-0.2, 0) is 6.42 Å². The normalized spacial score (nSPS) is 18.5. The number of hydrogen-bond donors (Lipinski definition) is 1. The molecule has 124 valence electrons. The number of nitrogens with one attached hydrogen (secondary N) is 1. The first-order valence-electron chi connectivity index (χ1n) is 8.63. The minimum atomic E-state index is -0.0711. The van der Waals surface area contributed by atoms with Crippen molar-refractivity contribution in [3.05, 3.63) is 11.7 Å². The summed E-state index contributed by atoms with van der Waals surface area (Å²) in [6.07, 6.45) is 8.13. The summed E-state index contributed by atoms with van der Waals surface area (Å²) in [4.78, 5) is 18.7. The van der Waals surface area contributed by atoms with Gasteiger partial charge in [-0.25, -0.2) is 4.79 Å². The van der Waals surface area contributed by atoms with E-state index in [0.29, 0.717) is 5.89 Å². The van der Waals surface area contributed by atoms with Crippen LogP contribution in [0.4, 0.5) is 4.79 Å². The highest BCUT2D eigenvalue weighted by Crippen LogP contribution is 2.29. The molecule has 0 unspecified atom stereocenters. The number of nitrogens with zero attached hydrogens (tertiary/aromatic N) is 3. The van der Waals surface area contributed by atoms with Gasteiger partial charge in [0.05, 0.1) is 0 Å². The molecule has 0 bridgehead atoms. The molecule has 0 aromatic carbocycles. The van der Waals surface area contributed by atoms with Gasteiger partial charge in [0.2, 0.25) is 5.89 Å². The summed E-state index contributed by atoms with van der Waals surface area (Å²) in [6, 6.07) is -0.0790. The smallest absolute Gasteiger partial charge is 0.318 e. The Hall–Kier alpha value is -1.59. The van der Waals surface area contributed by atoms with Crippen LogP contribution in [0.1, 0.15) is 76.6 Å². The van der Waals surface area contributed by atoms with Gasteiger partial charge in [-0.15, -0.1) is 0 Å². The van der Waals surface area contributed by atoms with Crippen LogP contribution in [-0.4, -0.2) is 34.2 Å². The SMILES string of the molecule is CCCCNC(=O)N1CCCC[C@H]1c1nc(CCCC)no1. The van der Waals surface area contributed by atoms with Gasteiger partial charge in [0.1, 0.15) is 6.04 Å². The van der Waals surface area contributed by atoms with E-state index in [9.17, 15) is 4.79 Å². The summed E-state index contributed by atoms with van der Waals surface area (Å²) in [5.74, 6) is 1.35. The van der Waals surface area contributed by atoms with Gasteiger partial charge >= 0.3 is 6.03 Å². The third-order valence-electron chi connectivity index (χ3n) is 4.09. The molecule has 1 N–H and O–H groups in total. The van der Waals surface area contributed by atoms with Crippen LogP contribution in [0.25, 0.3) is 0 Å². The maximum atomic E-state index is 12.4. The Kier molecular flexibility index (Phi) is 6.68. The van der Waals surface area contributed by atoms with Gasteiger partial charge in [0.15, 0.2) is 5.82 Å². The number of carbonyl (C=O) groups excluding carboxylic acids is 1. The molecular weight excluding hydrogens is 280 g/mol. The largest absolute Gasteiger partial charge is 0.338 e. The molecule has 2 heterocycles. The van der Waals surface area contributed by atoms with E-state index < -0.39 is 0 Å². The molecule has 0 aliphatic carbocycles. The number of amides is 2. The summed E-state index contributed by atoms with van der Waals surface area (Å²) in [5, 5.41) is 7.04. The molecule has 0 spiro atoms. The lowest BCUT2D eigenvalue weighted by atomic mass is 10.0. The van der Waals surface area contributed by atoms with Gasteiger partial charge in [-0.05, 0) is 32.1 Å². The van der Waals surface area contributed by atoms with Crippen LogP contribution in [0.5, 0.6) is 0 Å². The highest BCUT2D eigenvalue weighted by atomic mass is 16.5. The lowest BCUT2D eigenvalue weighted by molar-refractivity contribution is 0.132. The lowest BCUT2D eigenvalue weighted by Gasteiger charge is -2.33. The molecule has 1 aromatic heterocycles. The topological polar surface area (TPSA) is 71.3 Å². The zero-order valence-corrected chi connectivity index (χ0v) is 13.8. The monoisotopic (exact) mass is 308 g/mol. The van der Waals surface area contributed by atoms with Crippen molar-refractivity contribution in [2.45, 2.75) is 71.3 Å². The van der Waals surface area contributed by atoms with Gasteiger partial charge in [-0.3, -0.25) is 0 Å². The fraction of sp³-hybridized carbons (Fsp3) is 0.812. The van der Waals surface area contributed by atoms with E-state index in [-0.39, 0.29) is 12.1 Å². The molecule has 1 aliphatic heterocycles. The minimum Gasteiger partial charge on any atom is -0.338 e. The van der Waals surface area contributed by atoms with Crippen molar-refractivity contribution in [1.29, 1.82) is 0 Å². The molecule has 0 radical (unpaired) electrons. The zero-order valence-electron chi connectivity index (χ0n) is 13.8. The van der Waals surface area contributed by atoms with Crippen LogP contribution in [0.3, 0.4) is 0 Å². The van der Waals surface area contributed by atoms with E-state index in [1.165, 1.54) is 0 Å². The zero-order chi connectivity index (χ0) is 15.8. The van der Waals surface area contributed by atoms with Gasteiger partial charge in [0.25, 0.3) is 0 Å². The van der Waals surface area contributed by atoms with Gasteiger partial charge in [0, 0.05) is 19.5 Å². The first kappa shape index (κ1) is 16.8. The summed E-state index contributed by atoms with van der Waals surface area (Å²) in [6.45, 7) is 5.75. The van der Waals surface area contributed by atoms with Crippen LogP contribution >= 0.6 is 0 Å². The van der Waals surface area contributed by atoms with E-state index in [0.717, 1.165) is 70.3 Å². The number of rotatable bonds is 7. The highest BCUT2D eigenvalue weighted by molar-refractivity contribution is 5.74. The van der Waals surface area contributed by atoms with Crippen molar-refractivity contribution in [2.24, 2.45) is 0 Å². The van der Waals surface area contributed by atoms with Gasteiger partial charge in [-0.1, -0.05) is 31.8 Å². The second-order valence-electron chi connectivity index (χ2n) is 5.94. The Morgan fingerprint density at radius 1 is 1.32 bits per heavy atom. The summed E-state index contributed by atoms with van der Waals surface area (Å²) >= 11 is 0.